The summed E-state index contributed by atoms with van der Waals surface area (Å²) in [6.07, 6.45) is 6.15. The third kappa shape index (κ3) is 15.1. The summed E-state index contributed by atoms with van der Waals surface area (Å²) in [5, 5.41) is 21.6. The van der Waals surface area contributed by atoms with Crippen molar-refractivity contribution in [3.8, 4) is 0 Å². The number of aliphatic carboxylic acids is 1. The number of benzene rings is 2. The summed E-state index contributed by atoms with van der Waals surface area (Å²) in [4.78, 5) is 76.1. The number of rotatable bonds is 20. The number of amides is 5. The number of carboxylic acid groups (broad SMARTS) is 1. The first-order chi connectivity index (χ1) is 22.2. The molecule has 258 valence electrons. The van der Waals surface area contributed by atoms with Crippen molar-refractivity contribution in [3.63, 3.8) is 0 Å². The lowest BCUT2D eigenvalue weighted by atomic mass is 10.00. The van der Waals surface area contributed by atoms with Crippen LogP contribution >= 0.6 is 0 Å². The van der Waals surface area contributed by atoms with Crippen LogP contribution in [0.1, 0.15) is 97.5 Å². The minimum atomic E-state index is -1.53. The van der Waals surface area contributed by atoms with Crippen molar-refractivity contribution in [2.75, 3.05) is 0 Å². The molecule has 0 bridgehead atoms. The predicted molar refractivity (Wildman–Crippen MR) is 180 cm³/mol. The van der Waals surface area contributed by atoms with Crippen LogP contribution in [0.15, 0.2) is 42.5 Å². The molecule has 0 saturated carbocycles. The molecule has 12 nitrogen and oxygen atoms in total. The lowest BCUT2D eigenvalue weighted by molar-refractivity contribution is -0.141. The van der Waals surface area contributed by atoms with Gasteiger partial charge in [0.15, 0.2) is 0 Å². The monoisotopic (exact) mass is 653 g/mol. The van der Waals surface area contributed by atoms with Crippen LogP contribution in [0, 0.1) is 0 Å². The maximum Gasteiger partial charge on any atom is 0.305 e. The molecular formula is C35H51N5O7. The molecule has 0 aromatic heterocycles. The van der Waals surface area contributed by atoms with Gasteiger partial charge in [-0.3, -0.25) is 28.8 Å². The van der Waals surface area contributed by atoms with E-state index in [1.165, 1.54) is 6.42 Å². The Morgan fingerprint density at radius 3 is 1.89 bits per heavy atom. The van der Waals surface area contributed by atoms with E-state index in [0.717, 1.165) is 48.4 Å². The minimum absolute atomic E-state index is 0.0972. The SMILES string of the molecule is CCCCCCCCCC(=O)NC(Cc1ccc2ccccc2c1)C(=O)NC(CC(N)=O)C(=O)NC(CC(=O)O)C(=O)NC(C)(C)C. The van der Waals surface area contributed by atoms with E-state index in [1.807, 2.05) is 42.5 Å². The van der Waals surface area contributed by atoms with E-state index < -0.39 is 66.1 Å². The van der Waals surface area contributed by atoms with Crippen molar-refractivity contribution in [2.45, 2.75) is 122 Å². The highest BCUT2D eigenvalue weighted by molar-refractivity contribution is 5.97. The quantitative estimate of drug-likeness (QED) is 0.118. The largest absolute Gasteiger partial charge is 0.481 e. The van der Waals surface area contributed by atoms with Gasteiger partial charge in [-0.25, -0.2) is 0 Å². The number of fused-ring (bicyclic) bond motifs is 1. The van der Waals surface area contributed by atoms with Crippen molar-refractivity contribution in [3.05, 3.63) is 48.0 Å². The van der Waals surface area contributed by atoms with Crippen LogP contribution in [-0.4, -0.2) is 64.3 Å². The number of primary amides is 1. The molecule has 0 heterocycles. The van der Waals surface area contributed by atoms with Crippen molar-refractivity contribution in [2.24, 2.45) is 5.73 Å². The van der Waals surface area contributed by atoms with E-state index in [2.05, 4.69) is 28.2 Å². The van der Waals surface area contributed by atoms with Crippen LogP contribution in [0.4, 0.5) is 0 Å². The second-order valence-corrected chi connectivity index (χ2v) is 13.0. The molecule has 12 heteroatoms. The molecule has 2 aromatic rings. The zero-order valence-electron chi connectivity index (χ0n) is 28.0. The van der Waals surface area contributed by atoms with Gasteiger partial charge < -0.3 is 32.1 Å². The Bertz CT molecular complexity index is 1390. The molecule has 0 aliphatic rings. The van der Waals surface area contributed by atoms with Crippen LogP contribution in [0.5, 0.6) is 0 Å². The molecule has 3 unspecified atom stereocenters. The Balaban J connectivity index is 2.24. The van der Waals surface area contributed by atoms with E-state index in [9.17, 15) is 33.9 Å². The van der Waals surface area contributed by atoms with Crippen molar-refractivity contribution >= 4 is 46.3 Å². The number of nitrogens with two attached hydrogens (primary N) is 1. The van der Waals surface area contributed by atoms with E-state index in [1.54, 1.807) is 20.8 Å². The maximum atomic E-state index is 13.7. The molecule has 2 aromatic carbocycles. The van der Waals surface area contributed by atoms with Gasteiger partial charge in [0.1, 0.15) is 18.1 Å². The van der Waals surface area contributed by atoms with Crippen molar-refractivity contribution < 1.29 is 33.9 Å². The first kappa shape index (κ1) is 38.7. The number of carbonyl (C=O) groups excluding carboxylic acids is 5. The molecule has 2 rings (SSSR count). The van der Waals surface area contributed by atoms with Crippen LogP contribution in [0.25, 0.3) is 10.8 Å². The molecule has 0 fully saturated rings. The van der Waals surface area contributed by atoms with Gasteiger partial charge in [-0.1, -0.05) is 87.9 Å². The predicted octanol–water partition coefficient (Wildman–Crippen LogP) is 3.24. The third-order valence-corrected chi connectivity index (χ3v) is 7.46. The van der Waals surface area contributed by atoms with Gasteiger partial charge >= 0.3 is 5.97 Å². The Morgan fingerprint density at radius 1 is 0.723 bits per heavy atom. The second kappa shape index (κ2) is 19.2. The van der Waals surface area contributed by atoms with Gasteiger partial charge in [0.05, 0.1) is 12.8 Å². The second-order valence-electron chi connectivity index (χ2n) is 13.0. The fourth-order valence-electron chi connectivity index (χ4n) is 5.12. The zero-order valence-corrected chi connectivity index (χ0v) is 28.0. The van der Waals surface area contributed by atoms with Gasteiger partial charge in [0, 0.05) is 18.4 Å². The van der Waals surface area contributed by atoms with Crippen LogP contribution in [-0.2, 0) is 35.2 Å². The fourth-order valence-corrected chi connectivity index (χ4v) is 5.12. The Hall–Kier alpha value is -4.48. The van der Waals surface area contributed by atoms with Gasteiger partial charge in [0.2, 0.25) is 29.5 Å². The van der Waals surface area contributed by atoms with Crippen LogP contribution < -0.4 is 27.0 Å². The summed E-state index contributed by atoms with van der Waals surface area (Å²) in [5.41, 5.74) is 5.43. The first-order valence-corrected chi connectivity index (χ1v) is 16.4. The number of carbonyl (C=O) groups is 6. The standard InChI is InChI=1S/C35H51N5O7/c1-5-6-7-8-9-10-11-16-30(42)37-26(20-23-17-18-24-14-12-13-15-25(24)19-23)32(45)38-27(21-29(36)41)33(46)39-28(22-31(43)44)34(47)40-35(2,3)4/h12-15,17-19,26-28H,5-11,16,20-22H2,1-4H3,(H2,36,41)(H,37,42)(H,38,45)(H,39,46)(H,40,47)(H,43,44). The van der Waals surface area contributed by atoms with Crippen LogP contribution in [0.2, 0.25) is 0 Å². The molecule has 0 saturated heterocycles. The molecule has 0 radical (unpaired) electrons. The Labute approximate surface area is 277 Å². The third-order valence-electron chi connectivity index (χ3n) is 7.46. The molecular weight excluding hydrogens is 602 g/mol. The van der Waals surface area contributed by atoms with E-state index >= 15 is 0 Å². The first-order valence-electron chi connectivity index (χ1n) is 16.4. The van der Waals surface area contributed by atoms with Gasteiger partial charge in [0.25, 0.3) is 0 Å². The number of hydrogen-bond acceptors (Lipinski definition) is 6. The van der Waals surface area contributed by atoms with Gasteiger partial charge in [-0.15, -0.1) is 0 Å². The summed E-state index contributed by atoms with van der Waals surface area (Å²) < 4.78 is 0. The summed E-state index contributed by atoms with van der Waals surface area (Å²) >= 11 is 0. The lowest BCUT2D eigenvalue weighted by Crippen LogP contribution is -2.59. The molecule has 7 N–H and O–H groups in total. The maximum absolute atomic E-state index is 13.7. The summed E-state index contributed by atoms with van der Waals surface area (Å²) in [7, 11) is 0. The average Bonchev–Trinajstić information content (AvgIpc) is 2.98. The number of unbranched alkanes of at least 4 members (excludes halogenated alkanes) is 6. The van der Waals surface area contributed by atoms with Crippen LogP contribution in [0.3, 0.4) is 0 Å². The molecule has 0 aliphatic heterocycles. The van der Waals surface area contributed by atoms with Gasteiger partial charge in [-0.05, 0) is 43.5 Å². The highest BCUT2D eigenvalue weighted by atomic mass is 16.4. The molecule has 47 heavy (non-hydrogen) atoms. The smallest absolute Gasteiger partial charge is 0.305 e. The highest BCUT2D eigenvalue weighted by Crippen LogP contribution is 2.17. The lowest BCUT2D eigenvalue weighted by Gasteiger charge is -2.27. The molecule has 0 spiro atoms. The zero-order chi connectivity index (χ0) is 35.0. The van der Waals surface area contributed by atoms with E-state index in [-0.39, 0.29) is 18.7 Å². The summed E-state index contributed by atoms with van der Waals surface area (Å²) in [6, 6.07) is 9.26. The number of hydrogen-bond donors (Lipinski definition) is 6. The summed E-state index contributed by atoms with van der Waals surface area (Å²) in [6.45, 7) is 7.23. The van der Waals surface area contributed by atoms with Gasteiger partial charge in [-0.2, -0.15) is 0 Å². The average molecular weight is 654 g/mol. The summed E-state index contributed by atoms with van der Waals surface area (Å²) in [5.74, 6) is -5.02. The fraction of sp³-hybridized carbons (Fsp3) is 0.543. The topological polar surface area (TPSA) is 197 Å². The molecule has 5 amide bonds. The Kier molecular flexibility index (Phi) is 15.8. The normalized spacial score (nSPS) is 13.2. The molecule has 3 atom stereocenters. The molecule has 0 aliphatic carbocycles. The van der Waals surface area contributed by atoms with E-state index in [4.69, 9.17) is 5.73 Å². The minimum Gasteiger partial charge on any atom is -0.481 e. The Morgan fingerprint density at radius 2 is 1.30 bits per heavy atom. The number of carboxylic acids is 1. The highest BCUT2D eigenvalue weighted by Gasteiger charge is 2.32. The van der Waals surface area contributed by atoms with Crippen molar-refractivity contribution in [1.29, 1.82) is 0 Å². The number of nitrogens with one attached hydrogen (secondary N) is 4. The van der Waals surface area contributed by atoms with Crippen molar-refractivity contribution in [1.82, 2.24) is 21.3 Å². The van der Waals surface area contributed by atoms with E-state index in [0.29, 0.717) is 6.42 Å².